The quantitative estimate of drug-likeness (QED) is 0.759. The van der Waals surface area contributed by atoms with E-state index in [1.165, 1.54) is 19.2 Å². The second-order valence-corrected chi connectivity index (χ2v) is 4.56. The van der Waals surface area contributed by atoms with Gasteiger partial charge >= 0.3 is 5.97 Å². The van der Waals surface area contributed by atoms with Crippen molar-refractivity contribution in [1.29, 1.82) is 0 Å². The molecule has 0 atom stereocenters. The Hall–Kier alpha value is -2.53. The van der Waals surface area contributed by atoms with Crippen LogP contribution < -0.4 is 9.47 Å². The monoisotopic (exact) mass is 302 g/mol. The molecule has 2 aromatic carbocycles. The first-order chi connectivity index (χ1) is 10.7. The number of rotatable bonds is 8. The zero-order valence-electron chi connectivity index (χ0n) is 12.3. The molecule has 5 heteroatoms. The largest absolute Gasteiger partial charge is 0.493 e. The molecule has 0 heterocycles. The molecule has 0 saturated carbocycles. The van der Waals surface area contributed by atoms with Gasteiger partial charge in [-0.15, -0.1) is 0 Å². The van der Waals surface area contributed by atoms with Crippen LogP contribution in [0.2, 0.25) is 0 Å². The summed E-state index contributed by atoms with van der Waals surface area (Å²) < 4.78 is 16.2. The van der Waals surface area contributed by atoms with Crippen LogP contribution in [0.1, 0.15) is 15.9 Å². The highest BCUT2D eigenvalue weighted by Crippen LogP contribution is 2.28. The fourth-order valence-corrected chi connectivity index (χ4v) is 1.89. The van der Waals surface area contributed by atoms with Crippen LogP contribution in [-0.4, -0.2) is 31.4 Å². The Morgan fingerprint density at radius 2 is 1.82 bits per heavy atom. The molecule has 0 aliphatic carbocycles. The van der Waals surface area contributed by atoms with Crippen molar-refractivity contribution >= 4 is 5.97 Å². The van der Waals surface area contributed by atoms with Crippen LogP contribution in [0.5, 0.6) is 11.5 Å². The number of benzene rings is 2. The molecule has 2 rings (SSSR count). The summed E-state index contributed by atoms with van der Waals surface area (Å²) in [5.41, 5.74) is 1.26. The van der Waals surface area contributed by atoms with Gasteiger partial charge in [-0.25, -0.2) is 4.79 Å². The molecule has 1 N–H and O–H groups in total. The molecule has 0 aliphatic rings. The number of aromatic carboxylic acids is 1. The predicted molar refractivity (Wildman–Crippen MR) is 81.5 cm³/mol. The van der Waals surface area contributed by atoms with Crippen molar-refractivity contribution in [3.05, 3.63) is 59.7 Å². The van der Waals surface area contributed by atoms with Crippen LogP contribution in [0.25, 0.3) is 0 Å². The Labute approximate surface area is 129 Å². The molecular formula is C17H18O5. The second kappa shape index (κ2) is 8.05. The normalized spacial score (nSPS) is 10.2. The summed E-state index contributed by atoms with van der Waals surface area (Å²) in [7, 11) is 1.47. The highest BCUT2D eigenvalue weighted by Gasteiger charge is 2.09. The van der Waals surface area contributed by atoms with E-state index in [-0.39, 0.29) is 5.56 Å². The van der Waals surface area contributed by atoms with Crippen LogP contribution in [-0.2, 0) is 11.3 Å². The molecule has 0 unspecified atom stereocenters. The van der Waals surface area contributed by atoms with Crippen molar-refractivity contribution in [1.82, 2.24) is 0 Å². The predicted octanol–water partition coefficient (Wildman–Crippen LogP) is 2.99. The molecule has 0 aliphatic heterocycles. The zero-order chi connectivity index (χ0) is 15.8. The molecule has 0 saturated heterocycles. The number of hydrogen-bond acceptors (Lipinski definition) is 4. The van der Waals surface area contributed by atoms with E-state index in [2.05, 4.69) is 0 Å². The van der Waals surface area contributed by atoms with E-state index in [9.17, 15) is 4.79 Å². The van der Waals surface area contributed by atoms with Gasteiger partial charge in [0.05, 0.1) is 25.9 Å². The van der Waals surface area contributed by atoms with Crippen molar-refractivity contribution in [2.75, 3.05) is 20.3 Å². The smallest absolute Gasteiger partial charge is 0.335 e. The van der Waals surface area contributed by atoms with Crippen molar-refractivity contribution in [2.24, 2.45) is 0 Å². The number of methoxy groups -OCH3 is 1. The van der Waals surface area contributed by atoms with E-state index < -0.39 is 5.97 Å². The maximum atomic E-state index is 10.9. The highest BCUT2D eigenvalue weighted by atomic mass is 16.5. The minimum absolute atomic E-state index is 0.157. The molecule has 2 aromatic rings. The average Bonchev–Trinajstić information content (AvgIpc) is 2.55. The number of carboxylic acid groups (broad SMARTS) is 1. The lowest BCUT2D eigenvalue weighted by Crippen LogP contribution is -2.08. The van der Waals surface area contributed by atoms with Gasteiger partial charge in [0.15, 0.2) is 11.5 Å². The molecule has 116 valence electrons. The molecular weight excluding hydrogens is 284 g/mol. The highest BCUT2D eigenvalue weighted by molar-refractivity contribution is 5.88. The number of carboxylic acids is 1. The van der Waals surface area contributed by atoms with Gasteiger partial charge in [0, 0.05) is 0 Å². The standard InChI is InChI=1S/C17H18O5/c1-20-16-11-14(17(18)19)7-8-15(16)22-10-9-21-12-13-5-3-2-4-6-13/h2-8,11H,9-10,12H2,1H3,(H,18,19). The average molecular weight is 302 g/mol. The van der Waals surface area contributed by atoms with Gasteiger partial charge in [0.25, 0.3) is 0 Å². The minimum atomic E-state index is -1.00. The maximum Gasteiger partial charge on any atom is 0.335 e. The summed E-state index contributed by atoms with van der Waals surface area (Å²) in [6.07, 6.45) is 0. The van der Waals surface area contributed by atoms with Crippen LogP contribution >= 0.6 is 0 Å². The third-order valence-corrected chi connectivity index (χ3v) is 3.01. The van der Waals surface area contributed by atoms with Crippen LogP contribution in [0.15, 0.2) is 48.5 Å². The summed E-state index contributed by atoms with van der Waals surface area (Å²) in [5, 5.41) is 8.93. The first-order valence-electron chi connectivity index (χ1n) is 6.86. The van der Waals surface area contributed by atoms with Gasteiger partial charge in [-0.3, -0.25) is 0 Å². The Balaban J connectivity index is 1.80. The summed E-state index contributed by atoms with van der Waals surface area (Å²) in [6, 6.07) is 14.4. The molecule has 5 nitrogen and oxygen atoms in total. The second-order valence-electron chi connectivity index (χ2n) is 4.56. The molecule has 0 bridgehead atoms. The zero-order valence-corrected chi connectivity index (χ0v) is 12.3. The molecule has 0 fully saturated rings. The molecule has 22 heavy (non-hydrogen) atoms. The van der Waals surface area contributed by atoms with Crippen LogP contribution in [0, 0.1) is 0 Å². The fraction of sp³-hybridized carbons (Fsp3) is 0.235. The van der Waals surface area contributed by atoms with E-state index in [1.54, 1.807) is 6.07 Å². The minimum Gasteiger partial charge on any atom is -0.493 e. The van der Waals surface area contributed by atoms with E-state index >= 15 is 0 Å². The van der Waals surface area contributed by atoms with Crippen molar-refractivity contribution in [2.45, 2.75) is 6.61 Å². The molecule has 0 radical (unpaired) electrons. The third-order valence-electron chi connectivity index (χ3n) is 3.01. The van der Waals surface area contributed by atoms with Gasteiger partial charge in [-0.2, -0.15) is 0 Å². The van der Waals surface area contributed by atoms with Gasteiger partial charge in [-0.1, -0.05) is 30.3 Å². The van der Waals surface area contributed by atoms with E-state index in [1.807, 2.05) is 30.3 Å². The molecule has 0 amide bonds. The Kier molecular flexibility index (Phi) is 5.80. The topological polar surface area (TPSA) is 65.0 Å². The van der Waals surface area contributed by atoms with Crippen LogP contribution in [0.3, 0.4) is 0 Å². The number of hydrogen-bond donors (Lipinski definition) is 1. The van der Waals surface area contributed by atoms with Gasteiger partial charge in [0.2, 0.25) is 0 Å². The molecule has 0 spiro atoms. The number of ether oxygens (including phenoxy) is 3. The summed E-state index contributed by atoms with van der Waals surface area (Å²) in [5.74, 6) is -0.116. The van der Waals surface area contributed by atoms with Crippen molar-refractivity contribution in [3.63, 3.8) is 0 Å². The summed E-state index contributed by atoms with van der Waals surface area (Å²) >= 11 is 0. The lowest BCUT2D eigenvalue weighted by molar-refractivity contribution is 0.0696. The molecule has 0 aromatic heterocycles. The Morgan fingerprint density at radius 1 is 1.05 bits per heavy atom. The van der Waals surface area contributed by atoms with E-state index in [4.69, 9.17) is 19.3 Å². The van der Waals surface area contributed by atoms with Gasteiger partial charge < -0.3 is 19.3 Å². The van der Waals surface area contributed by atoms with E-state index in [0.29, 0.717) is 31.3 Å². The summed E-state index contributed by atoms with van der Waals surface area (Å²) in [6.45, 7) is 1.31. The SMILES string of the molecule is COc1cc(C(=O)O)ccc1OCCOCc1ccccc1. The lowest BCUT2D eigenvalue weighted by Gasteiger charge is -2.11. The first kappa shape index (κ1) is 15.9. The fourth-order valence-electron chi connectivity index (χ4n) is 1.89. The van der Waals surface area contributed by atoms with Gasteiger partial charge in [0.1, 0.15) is 6.61 Å². The lowest BCUT2D eigenvalue weighted by atomic mass is 10.2. The first-order valence-corrected chi connectivity index (χ1v) is 6.86. The Morgan fingerprint density at radius 3 is 2.50 bits per heavy atom. The third kappa shape index (κ3) is 4.49. The van der Waals surface area contributed by atoms with Gasteiger partial charge in [-0.05, 0) is 23.8 Å². The van der Waals surface area contributed by atoms with Crippen molar-refractivity contribution in [3.8, 4) is 11.5 Å². The Bertz CT molecular complexity index is 610. The maximum absolute atomic E-state index is 10.9. The van der Waals surface area contributed by atoms with E-state index in [0.717, 1.165) is 5.56 Å². The number of carbonyl (C=O) groups is 1. The van der Waals surface area contributed by atoms with Crippen LogP contribution in [0.4, 0.5) is 0 Å². The van der Waals surface area contributed by atoms with Crippen molar-refractivity contribution < 1.29 is 24.1 Å². The summed E-state index contributed by atoms with van der Waals surface area (Å²) in [4.78, 5) is 10.9.